The Hall–Kier alpha value is -1.22. The second kappa shape index (κ2) is 6.49. The first-order valence-electron chi connectivity index (χ1n) is 7.68. The van der Waals surface area contributed by atoms with Crippen molar-refractivity contribution in [1.29, 1.82) is 0 Å². The van der Waals surface area contributed by atoms with Crippen LogP contribution >= 0.6 is 0 Å². The molecular weight excluding hydrogens is 248 g/mol. The van der Waals surface area contributed by atoms with Crippen LogP contribution in [0.3, 0.4) is 0 Å². The third-order valence-corrected chi connectivity index (χ3v) is 3.64. The van der Waals surface area contributed by atoms with Crippen molar-refractivity contribution < 1.29 is 4.74 Å². The molecule has 0 aliphatic carbocycles. The van der Waals surface area contributed by atoms with E-state index < -0.39 is 0 Å². The van der Waals surface area contributed by atoms with E-state index >= 15 is 0 Å². The van der Waals surface area contributed by atoms with Gasteiger partial charge in [0, 0.05) is 25.7 Å². The molecule has 0 saturated heterocycles. The average molecular weight is 276 g/mol. The van der Waals surface area contributed by atoms with E-state index in [1.807, 2.05) is 6.07 Å². The van der Waals surface area contributed by atoms with Gasteiger partial charge >= 0.3 is 0 Å². The number of nitrogens with one attached hydrogen (secondary N) is 1. The van der Waals surface area contributed by atoms with Gasteiger partial charge in [-0.1, -0.05) is 39.8 Å². The lowest BCUT2D eigenvalue weighted by molar-refractivity contribution is 0.317. The molecule has 0 atom stereocenters. The summed E-state index contributed by atoms with van der Waals surface area (Å²) in [6.45, 7) is 13.0. The Labute approximate surface area is 123 Å². The Morgan fingerprint density at radius 3 is 2.80 bits per heavy atom. The molecule has 0 unspecified atom stereocenters. The Morgan fingerprint density at radius 1 is 1.30 bits per heavy atom. The summed E-state index contributed by atoms with van der Waals surface area (Å²) >= 11 is 0. The summed E-state index contributed by atoms with van der Waals surface area (Å²) in [6.07, 6.45) is 1.09. The predicted molar refractivity (Wildman–Crippen MR) is 85.7 cm³/mol. The van der Waals surface area contributed by atoms with Crippen molar-refractivity contribution in [1.82, 2.24) is 5.32 Å². The highest BCUT2D eigenvalue weighted by molar-refractivity contribution is 5.59. The van der Waals surface area contributed by atoms with Crippen molar-refractivity contribution in [2.75, 3.05) is 31.1 Å². The SMILES string of the molecule is CC(C)NCC(C)(C)CN1CCCOc2ccccc21. The normalized spacial score (nSPS) is 15.8. The third-order valence-electron chi connectivity index (χ3n) is 3.64. The van der Waals surface area contributed by atoms with Crippen LogP contribution in [-0.2, 0) is 0 Å². The molecule has 1 N–H and O–H groups in total. The fraction of sp³-hybridized carbons (Fsp3) is 0.647. The zero-order chi connectivity index (χ0) is 14.6. The standard InChI is InChI=1S/C17H28N2O/c1-14(2)18-12-17(3,4)13-19-10-7-11-20-16-9-6-5-8-15(16)19/h5-6,8-9,14,18H,7,10-13H2,1-4H3. The molecule has 0 bridgehead atoms. The van der Waals surface area contributed by atoms with E-state index in [1.54, 1.807) is 0 Å². The van der Waals surface area contributed by atoms with Crippen LogP contribution in [0.4, 0.5) is 5.69 Å². The van der Waals surface area contributed by atoms with Crippen molar-refractivity contribution in [2.45, 2.75) is 40.2 Å². The van der Waals surface area contributed by atoms with Crippen LogP contribution in [0.15, 0.2) is 24.3 Å². The molecule has 3 nitrogen and oxygen atoms in total. The molecule has 1 aromatic rings. The lowest BCUT2D eigenvalue weighted by atomic mass is 9.92. The second-order valence-electron chi connectivity index (χ2n) is 6.79. The van der Waals surface area contributed by atoms with Gasteiger partial charge in [0.15, 0.2) is 0 Å². The number of fused-ring (bicyclic) bond motifs is 1. The molecule has 1 aliphatic rings. The van der Waals surface area contributed by atoms with Crippen LogP contribution in [0, 0.1) is 5.41 Å². The fourth-order valence-corrected chi connectivity index (χ4v) is 2.62. The molecule has 1 heterocycles. The summed E-state index contributed by atoms with van der Waals surface area (Å²) in [4.78, 5) is 2.48. The van der Waals surface area contributed by atoms with Gasteiger partial charge in [-0.3, -0.25) is 0 Å². The third kappa shape index (κ3) is 4.14. The lowest BCUT2D eigenvalue weighted by Crippen LogP contribution is -2.42. The van der Waals surface area contributed by atoms with E-state index in [-0.39, 0.29) is 5.41 Å². The average Bonchev–Trinajstić information content (AvgIpc) is 2.59. The highest BCUT2D eigenvalue weighted by Crippen LogP contribution is 2.32. The van der Waals surface area contributed by atoms with Gasteiger partial charge in [0.05, 0.1) is 12.3 Å². The van der Waals surface area contributed by atoms with Crippen LogP contribution in [-0.4, -0.2) is 32.3 Å². The molecular formula is C17H28N2O. The first kappa shape index (κ1) is 15.2. The van der Waals surface area contributed by atoms with Crippen LogP contribution in [0.5, 0.6) is 5.75 Å². The predicted octanol–water partition coefficient (Wildman–Crippen LogP) is 3.30. The van der Waals surface area contributed by atoms with Crippen molar-refractivity contribution in [3.8, 4) is 5.75 Å². The highest BCUT2D eigenvalue weighted by Gasteiger charge is 2.25. The van der Waals surface area contributed by atoms with E-state index in [0.717, 1.165) is 38.4 Å². The van der Waals surface area contributed by atoms with Gasteiger partial charge < -0.3 is 15.0 Å². The summed E-state index contributed by atoms with van der Waals surface area (Å²) < 4.78 is 5.83. The van der Waals surface area contributed by atoms with Gasteiger partial charge in [0.2, 0.25) is 0 Å². The van der Waals surface area contributed by atoms with Crippen LogP contribution in [0.1, 0.15) is 34.1 Å². The Balaban J connectivity index is 2.08. The number of hydrogen-bond acceptors (Lipinski definition) is 3. The quantitative estimate of drug-likeness (QED) is 0.893. The monoisotopic (exact) mass is 276 g/mol. The molecule has 0 amide bonds. The van der Waals surface area contributed by atoms with Gasteiger partial charge in [-0.2, -0.15) is 0 Å². The number of ether oxygens (including phenoxy) is 1. The van der Waals surface area contributed by atoms with E-state index in [1.165, 1.54) is 5.69 Å². The molecule has 0 spiro atoms. The van der Waals surface area contributed by atoms with Gasteiger partial charge in [-0.05, 0) is 24.0 Å². The molecule has 0 fully saturated rings. The Bertz CT molecular complexity index is 429. The second-order valence-corrected chi connectivity index (χ2v) is 6.79. The maximum Gasteiger partial charge on any atom is 0.142 e. The Morgan fingerprint density at radius 2 is 2.05 bits per heavy atom. The van der Waals surface area contributed by atoms with Gasteiger partial charge in [-0.15, -0.1) is 0 Å². The highest BCUT2D eigenvalue weighted by atomic mass is 16.5. The number of anilines is 1. The fourth-order valence-electron chi connectivity index (χ4n) is 2.62. The molecule has 0 aromatic heterocycles. The van der Waals surface area contributed by atoms with Gasteiger partial charge in [-0.25, -0.2) is 0 Å². The summed E-state index contributed by atoms with van der Waals surface area (Å²) in [5.74, 6) is 1.03. The van der Waals surface area contributed by atoms with Gasteiger partial charge in [0.25, 0.3) is 0 Å². The molecule has 0 saturated carbocycles. The van der Waals surface area contributed by atoms with Crippen molar-refractivity contribution in [3.63, 3.8) is 0 Å². The lowest BCUT2D eigenvalue weighted by Gasteiger charge is -2.34. The van der Waals surface area contributed by atoms with Gasteiger partial charge in [0.1, 0.15) is 5.75 Å². The van der Waals surface area contributed by atoms with E-state index in [0.29, 0.717) is 6.04 Å². The van der Waals surface area contributed by atoms with E-state index in [2.05, 4.69) is 56.1 Å². The number of hydrogen-bond donors (Lipinski definition) is 1. The summed E-state index contributed by atoms with van der Waals surface area (Å²) in [5, 5.41) is 3.56. The molecule has 3 heteroatoms. The first-order chi connectivity index (χ1) is 9.48. The van der Waals surface area contributed by atoms with E-state index in [4.69, 9.17) is 4.74 Å². The summed E-state index contributed by atoms with van der Waals surface area (Å²) in [7, 11) is 0. The molecule has 112 valence electrons. The summed E-state index contributed by atoms with van der Waals surface area (Å²) in [5.41, 5.74) is 1.48. The van der Waals surface area contributed by atoms with Crippen molar-refractivity contribution in [2.24, 2.45) is 5.41 Å². The Kier molecular flexibility index (Phi) is 4.92. The van der Waals surface area contributed by atoms with Crippen molar-refractivity contribution in [3.05, 3.63) is 24.3 Å². The number of rotatable bonds is 5. The number of nitrogens with zero attached hydrogens (tertiary/aromatic N) is 1. The summed E-state index contributed by atoms with van der Waals surface area (Å²) in [6, 6.07) is 8.93. The molecule has 0 radical (unpaired) electrons. The number of para-hydroxylation sites is 2. The maximum atomic E-state index is 5.83. The minimum Gasteiger partial charge on any atom is -0.491 e. The van der Waals surface area contributed by atoms with Crippen LogP contribution in [0.2, 0.25) is 0 Å². The van der Waals surface area contributed by atoms with Crippen molar-refractivity contribution >= 4 is 5.69 Å². The first-order valence-corrected chi connectivity index (χ1v) is 7.68. The molecule has 1 aliphatic heterocycles. The maximum absolute atomic E-state index is 5.83. The largest absolute Gasteiger partial charge is 0.491 e. The molecule has 2 rings (SSSR count). The molecule has 20 heavy (non-hydrogen) atoms. The topological polar surface area (TPSA) is 24.5 Å². The zero-order valence-corrected chi connectivity index (χ0v) is 13.3. The molecule has 1 aromatic carbocycles. The van der Waals surface area contributed by atoms with Crippen LogP contribution < -0.4 is 15.0 Å². The minimum atomic E-state index is 0.238. The number of benzene rings is 1. The zero-order valence-electron chi connectivity index (χ0n) is 13.3. The smallest absolute Gasteiger partial charge is 0.142 e. The van der Waals surface area contributed by atoms with E-state index in [9.17, 15) is 0 Å². The minimum absolute atomic E-state index is 0.238. The van der Waals surface area contributed by atoms with Crippen LogP contribution in [0.25, 0.3) is 0 Å².